The van der Waals surface area contributed by atoms with E-state index in [4.69, 9.17) is 0 Å². The van der Waals surface area contributed by atoms with Crippen LogP contribution in [0, 0.1) is 24.7 Å². The average Bonchev–Trinajstić information content (AvgIpc) is 3.00. The van der Waals surface area contributed by atoms with Gasteiger partial charge in [-0.1, -0.05) is 18.2 Å². The third kappa shape index (κ3) is 2.30. The molecule has 3 atom stereocenters. The number of aromatic nitrogens is 2. The molecule has 5 heteroatoms. The molecule has 1 saturated heterocycles. The number of hydrogen-bond acceptors (Lipinski definition) is 4. The lowest BCUT2D eigenvalue weighted by atomic mass is 9.95. The largest absolute Gasteiger partial charge is 0.345 e. The Balaban J connectivity index is 1.63. The zero-order valence-electron chi connectivity index (χ0n) is 13.8. The van der Waals surface area contributed by atoms with Gasteiger partial charge in [-0.15, -0.1) is 0 Å². The minimum atomic E-state index is -0.517. The smallest absolute Gasteiger partial charge is 0.224 e. The first-order chi connectivity index (χ1) is 11.0. The van der Waals surface area contributed by atoms with E-state index in [1.807, 2.05) is 39.0 Å². The fourth-order valence-electron chi connectivity index (χ4n) is 3.99. The number of fused-ring (bicyclic) bond motifs is 2. The van der Waals surface area contributed by atoms with Gasteiger partial charge in [-0.05, 0) is 51.3 Å². The Morgan fingerprint density at radius 2 is 2.00 bits per heavy atom. The highest BCUT2D eigenvalue weighted by molar-refractivity contribution is 5.87. The van der Waals surface area contributed by atoms with Crippen LogP contribution in [-0.2, 0) is 10.3 Å². The number of hydrogen-bond donors (Lipinski definition) is 2. The maximum Gasteiger partial charge on any atom is 0.224 e. The zero-order chi connectivity index (χ0) is 16.2. The van der Waals surface area contributed by atoms with E-state index in [1.54, 1.807) is 6.33 Å². The Bertz CT molecular complexity index is 776. The third-order valence-electron chi connectivity index (χ3n) is 5.29. The summed E-state index contributed by atoms with van der Waals surface area (Å²) in [7, 11) is 0. The Morgan fingerprint density at radius 1 is 1.26 bits per heavy atom. The highest BCUT2D eigenvalue weighted by atomic mass is 16.2. The first-order valence-corrected chi connectivity index (χ1v) is 8.22. The lowest BCUT2D eigenvalue weighted by molar-refractivity contribution is -0.124. The summed E-state index contributed by atoms with van der Waals surface area (Å²) >= 11 is 0. The molecule has 23 heavy (non-hydrogen) atoms. The Hall–Kier alpha value is -2.01. The molecule has 2 fully saturated rings. The van der Waals surface area contributed by atoms with Gasteiger partial charge in [0.05, 0.1) is 16.7 Å². The molecule has 1 aromatic carbocycles. The minimum absolute atomic E-state index is 0.158. The van der Waals surface area contributed by atoms with Crippen LogP contribution in [0.1, 0.15) is 25.1 Å². The number of carbonyl (C=O) groups excluding carboxylic acids is 1. The van der Waals surface area contributed by atoms with Gasteiger partial charge >= 0.3 is 0 Å². The molecule has 1 aromatic heterocycles. The number of aryl methyl sites for hydroxylation is 1. The predicted octanol–water partition coefficient (Wildman–Crippen LogP) is 1.75. The maximum atomic E-state index is 12.6. The van der Waals surface area contributed by atoms with Gasteiger partial charge in [-0.25, -0.2) is 9.97 Å². The van der Waals surface area contributed by atoms with Gasteiger partial charge in [-0.2, -0.15) is 0 Å². The van der Waals surface area contributed by atoms with Crippen molar-refractivity contribution in [2.75, 3.05) is 13.1 Å². The van der Waals surface area contributed by atoms with Crippen molar-refractivity contribution < 1.29 is 4.79 Å². The van der Waals surface area contributed by atoms with E-state index in [-0.39, 0.29) is 11.8 Å². The van der Waals surface area contributed by atoms with Crippen LogP contribution in [0.2, 0.25) is 0 Å². The second-order valence-corrected chi connectivity index (χ2v) is 7.32. The number of nitrogens with zero attached hydrogens (tertiary/aromatic N) is 2. The first-order valence-electron chi connectivity index (χ1n) is 8.22. The van der Waals surface area contributed by atoms with Gasteiger partial charge in [0, 0.05) is 11.3 Å². The SMILES string of the molecule is Cc1cccc2c(C(C)(C)NC(=O)[C@H]3[C@@H]4CNC[C@@H]43)ncnc12. The highest BCUT2D eigenvalue weighted by Gasteiger charge is 2.57. The molecule has 2 aromatic rings. The van der Waals surface area contributed by atoms with E-state index in [0.717, 1.165) is 35.2 Å². The molecule has 1 saturated carbocycles. The number of carbonyl (C=O) groups is 1. The van der Waals surface area contributed by atoms with Crippen LogP contribution in [0.15, 0.2) is 24.5 Å². The number of benzene rings is 1. The van der Waals surface area contributed by atoms with Gasteiger partial charge in [0.2, 0.25) is 5.91 Å². The van der Waals surface area contributed by atoms with Crippen LogP contribution in [0.4, 0.5) is 0 Å². The minimum Gasteiger partial charge on any atom is -0.345 e. The number of rotatable bonds is 3. The lowest BCUT2D eigenvalue weighted by Crippen LogP contribution is -2.43. The van der Waals surface area contributed by atoms with E-state index in [1.165, 1.54) is 0 Å². The van der Waals surface area contributed by atoms with Gasteiger partial charge in [0.25, 0.3) is 0 Å². The van der Waals surface area contributed by atoms with Crippen LogP contribution in [0.3, 0.4) is 0 Å². The van der Waals surface area contributed by atoms with E-state index < -0.39 is 5.54 Å². The third-order valence-corrected chi connectivity index (χ3v) is 5.29. The Morgan fingerprint density at radius 3 is 2.74 bits per heavy atom. The van der Waals surface area contributed by atoms with Crippen molar-refractivity contribution in [3.05, 3.63) is 35.8 Å². The fourth-order valence-corrected chi connectivity index (χ4v) is 3.99. The van der Waals surface area contributed by atoms with Gasteiger partial charge < -0.3 is 10.6 Å². The van der Waals surface area contributed by atoms with Crippen molar-refractivity contribution in [3.8, 4) is 0 Å². The summed E-state index contributed by atoms with van der Waals surface area (Å²) in [6, 6.07) is 6.09. The molecule has 0 bridgehead atoms. The van der Waals surface area contributed by atoms with Crippen molar-refractivity contribution in [3.63, 3.8) is 0 Å². The van der Waals surface area contributed by atoms with Crippen LogP contribution in [0.5, 0.6) is 0 Å². The van der Waals surface area contributed by atoms with Crippen molar-refractivity contribution in [2.45, 2.75) is 26.3 Å². The first kappa shape index (κ1) is 14.6. The molecule has 5 nitrogen and oxygen atoms in total. The number of piperidine rings is 1. The molecule has 120 valence electrons. The summed E-state index contributed by atoms with van der Waals surface area (Å²) in [6.07, 6.45) is 1.59. The van der Waals surface area contributed by atoms with Crippen molar-refractivity contribution in [1.82, 2.24) is 20.6 Å². The second-order valence-electron chi connectivity index (χ2n) is 7.32. The van der Waals surface area contributed by atoms with E-state index in [9.17, 15) is 4.79 Å². The Labute approximate surface area is 135 Å². The van der Waals surface area contributed by atoms with Gasteiger partial charge in [0.1, 0.15) is 6.33 Å². The topological polar surface area (TPSA) is 66.9 Å². The summed E-state index contributed by atoms with van der Waals surface area (Å²) < 4.78 is 0. The molecule has 1 aliphatic heterocycles. The lowest BCUT2D eigenvalue weighted by Gasteiger charge is -2.27. The molecule has 0 unspecified atom stereocenters. The quantitative estimate of drug-likeness (QED) is 0.906. The monoisotopic (exact) mass is 310 g/mol. The molecule has 2 heterocycles. The second kappa shape index (κ2) is 4.99. The van der Waals surface area contributed by atoms with Crippen molar-refractivity contribution in [2.24, 2.45) is 17.8 Å². The zero-order valence-corrected chi connectivity index (χ0v) is 13.8. The van der Waals surface area contributed by atoms with Gasteiger partial charge in [0.15, 0.2) is 0 Å². The van der Waals surface area contributed by atoms with Crippen LogP contribution >= 0.6 is 0 Å². The highest BCUT2D eigenvalue weighted by Crippen LogP contribution is 2.49. The molecule has 0 spiro atoms. The summed E-state index contributed by atoms with van der Waals surface area (Å²) in [4.78, 5) is 21.5. The number of amides is 1. The van der Waals surface area contributed by atoms with E-state index >= 15 is 0 Å². The molecular weight excluding hydrogens is 288 g/mol. The summed E-state index contributed by atoms with van der Waals surface area (Å²) in [5.74, 6) is 1.38. The summed E-state index contributed by atoms with van der Waals surface area (Å²) in [5.41, 5.74) is 2.43. The molecule has 1 amide bonds. The van der Waals surface area contributed by atoms with E-state index in [2.05, 4.69) is 20.6 Å². The van der Waals surface area contributed by atoms with Crippen molar-refractivity contribution in [1.29, 1.82) is 0 Å². The van der Waals surface area contributed by atoms with Crippen LogP contribution < -0.4 is 10.6 Å². The standard InChI is InChI=1S/C18H22N4O/c1-10-5-4-6-11-15(10)20-9-21-16(11)18(2,3)22-17(23)14-12-7-19-8-13(12)14/h4-6,9,12-14,19H,7-8H2,1-3H3,(H,22,23)/t12-,13+,14+. The number of nitrogens with one attached hydrogen (secondary N) is 2. The molecule has 0 radical (unpaired) electrons. The normalized spacial score (nSPS) is 26.1. The molecule has 2 aliphatic rings. The fraction of sp³-hybridized carbons (Fsp3) is 0.500. The van der Waals surface area contributed by atoms with Crippen LogP contribution in [0.25, 0.3) is 10.9 Å². The summed E-state index contributed by atoms with van der Waals surface area (Å²) in [6.45, 7) is 8.03. The molecular formula is C18H22N4O. The number of para-hydroxylation sites is 1. The average molecular weight is 310 g/mol. The Kier molecular flexibility index (Phi) is 3.17. The maximum absolute atomic E-state index is 12.6. The molecule has 2 N–H and O–H groups in total. The molecule has 1 aliphatic carbocycles. The molecule has 4 rings (SSSR count). The summed E-state index contributed by atoms with van der Waals surface area (Å²) in [5, 5.41) is 7.56. The van der Waals surface area contributed by atoms with E-state index in [0.29, 0.717) is 11.8 Å². The van der Waals surface area contributed by atoms with Gasteiger partial charge in [-0.3, -0.25) is 4.79 Å². The van der Waals surface area contributed by atoms with Crippen molar-refractivity contribution >= 4 is 16.8 Å². The van der Waals surface area contributed by atoms with Crippen LogP contribution in [-0.4, -0.2) is 29.0 Å². The predicted molar refractivity (Wildman–Crippen MR) is 88.8 cm³/mol.